The number of hydrogen-bond acceptors (Lipinski definition) is 7. The lowest BCUT2D eigenvalue weighted by atomic mass is 10.2. The standard InChI is InChI=1S/C16H12BrN7O3/c17-13-7-6-11(8-14(13)24(26)27)9-18-19-15(25)10-23-21-16(20-22-23)12-4-2-1-3-5-12/h1-9H,10H2,(H,19,25)/b18-9+. The highest BCUT2D eigenvalue weighted by molar-refractivity contribution is 9.10. The topological polar surface area (TPSA) is 128 Å². The molecule has 3 rings (SSSR count). The molecule has 0 unspecified atom stereocenters. The Bertz CT molecular complexity index is 1000. The van der Waals surface area contributed by atoms with Crippen molar-refractivity contribution >= 4 is 33.7 Å². The number of benzene rings is 2. The highest BCUT2D eigenvalue weighted by atomic mass is 79.9. The predicted octanol–water partition coefficient (Wildman–Crippen LogP) is 2.16. The molecule has 2 aromatic carbocycles. The Kier molecular flexibility index (Phi) is 5.61. The fourth-order valence-corrected chi connectivity index (χ4v) is 2.50. The number of halogens is 1. The number of nitrogens with zero attached hydrogens (tertiary/aromatic N) is 6. The van der Waals surface area contributed by atoms with Crippen molar-refractivity contribution in [3.8, 4) is 11.4 Å². The molecule has 11 heteroatoms. The lowest BCUT2D eigenvalue weighted by Gasteiger charge is -1.99. The number of tetrazole rings is 1. The normalized spacial score (nSPS) is 10.9. The first kappa shape index (κ1) is 18.3. The third kappa shape index (κ3) is 4.79. The van der Waals surface area contributed by atoms with Gasteiger partial charge in [-0.15, -0.1) is 10.2 Å². The number of hydrazone groups is 1. The number of amides is 1. The molecule has 0 radical (unpaired) electrons. The number of nitro groups is 1. The van der Waals surface area contributed by atoms with E-state index < -0.39 is 10.8 Å². The third-order valence-corrected chi connectivity index (χ3v) is 4.01. The molecule has 0 saturated carbocycles. The van der Waals surface area contributed by atoms with Crippen molar-refractivity contribution in [2.45, 2.75) is 6.54 Å². The van der Waals surface area contributed by atoms with E-state index in [0.29, 0.717) is 15.9 Å². The summed E-state index contributed by atoms with van der Waals surface area (Å²) >= 11 is 3.10. The maximum atomic E-state index is 11.9. The largest absolute Gasteiger partial charge is 0.284 e. The van der Waals surface area contributed by atoms with E-state index in [4.69, 9.17) is 0 Å². The van der Waals surface area contributed by atoms with Crippen LogP contribution < -0.4 is 5.43 Å². The van der Waals surface area contributed by atoms with Crippen LogP contribution in [0.4, 0.5) is 5.69 Å². The van der Waals surface area contributed by atoms with Gasteiger partial charge in [-0.1, -0.05) is 36.4 Å². The van der Waals surface area contributed by atoms with Crippen molar-refractivity contribution in [3.05, 3.63) is 68.7 Å². The minimum Gasteiger partial charge on any atom is -0.271 e. The molecule has 1 heterocycles. The van der Waals surface area contributed by atoms with Gasteiger partial charge >= 0.3 is 0 Å². The van der Waals surface area contributed by atoms with Crippen LogP contribution >= 0.6 is 15.9 Å². The molecule has 0 atom stereocenters. The maximum Gasteiger partial charge on any atom is 0.284 e. The summed E-state index contributed by atoms with van der Waals surface area (Å²) in [6, 6.07) is 13.7. The first-order chi connectivity index (χ1) is 13.0. The molecule has 0 saturated heterocycles. The fraction of sp³-hybridized carbons (Fsp3) is 0.0625. The lowest BCUT2D eigenvalue weighted by Crippen LogP contribution is -2.24. The molecule has 136 valence electrons. The molecule has 0 fully saturated rings. The van der Waals surface area contributed by atoms with Crippen LogP contribution in [0.1, 0.15) is 5.56 Å². The average Bonchev–Trinajstić information content (AvgIpc) is 3.12. The molecule has 0 bridgehead atoms. The molecule has 0 aliphatic rings. The highest BCUT2D eigenvalue weighted by Gasteiger charge is 2.12. The van der Waals surface area contributed by atoms with Gasteiger partial charge in [-0.25, -0.2) is 5.43 Å². The van der Waals surface area contributed by atoms with E-state index in [9.17, 15) is 14.9 Å². The Labute approximate surface area is 161 Å². The molecule has 27 heavy (non-hydrogen) atoms. The molecule has 10 nitrogen and oxygen atoms in total. The Hall–Kier alpha value is -3.47. The van der Waals surface area contributed by atoms with Crippen LogP contribution in [0.3, 0.4) is 0 Å². The number of carbonyl (C=O) groups is 1. The Morgan fingerprint density at radius 2 is 2.07 bits per heavy atom. The SMILES string of the molecule is O=C(Cn1nnc(-c2ccccc2)n1)N/N=C/c1ccc(Br)c([N+](=O)[O-])c1. The lowest BCUT2D eigenvalue weighted by molar-refractivity contribution is -0.385. The van der Waals surface area contributed by atoms with Crippen molar-refractivity contribution in [2.75, 3.05) is 0 Å². The number of nitro benzene ring substituents is 1. The van der Waals surface area contributed by atoms with Gasteiger partial charge in [0.25, 0.3) is 11.6 Å². The molecule has 0 spiro atoms. The fourth-order valence-electron chi connectivity index (χ4n) is 2.11. The van der Waals surface area contributed by atoms with Crippen molar-refractivity contribution < 1.29 is 9.72 Å². The van der Waals surface area contributed by atoms with Gasteiger partial charge in [0, 0.05) is 17.2 Å². The predicted molar refractivity (Wildman–Crippen MR) is 99.8 cm³/mol. The van der Waals surface area contributed by atoms with E-state index in [1.165, 1.54) is 18.3 Å². The first-order valence-corrected chi connectivity index (χ1v) is 8.41. The smallest absolute Gasteiger partial charge is 0.271 e. The summed E-state index contributed by atoms with van der Waals surface area (Å²) < 4.78 is 0.361. The van der Waals surface area contributed by atoms with Crippen LogP contribution in [0.25, 0.3) is 11.4 Å². The van der Waals surface area contributed by atoms with Crippen molar-refractivity contribution in [1.29, 1.82) is 0 Å². The zero-order valence-electron chi connectivity index (χ0n) is 13.7. The van der Waals surface area contributed by atoms with E-state index in [1.54, 1.807) is 6.07 Å². The molecule has 3 aromatic rings. The Balaban J connectivity index is 1.59. The Morgan fingerprint density at radius 3 is 2.81 bits per heavy atom. The highest BCUT2D eigenvalue weighted by Crippen LogP contribution is 2.24. The number of hydrogen-bond donors (Lipinski definition) is 1. The summed E-state index contributed by atoms with van der Waals surface area (Å²) in [4.78, 5) is 23.4. The minimum absolute atomic E-state index is 0.0921. The van der Waals surface area contributed by atoms with Crippen molar-refractivity contribution in [1.82, 2.24) is 25.6 Å². The van der Waals surface area contributed by atoms with Gasteiger partial charge in [0.05, 0.1) is 15.6 Å². The molecule has 0 aliphatic carbocycles. The van der Waals surface area contributed by atoms with Gasteiger partial charge in [-0.3, -0.25) is 14.9 Å². The zero-order chi connectivity index (χ0) is 19.2. The second-order valence-corrected chi connectivity index (χ2v) is 6.12. The van der Waals surface area contributed by atoms with Gasteiger partial charge < -0.3 is 0 Å². The van der Waals surface area contributed by atoms with Crippen LogP contribution in [0.2, 0.25) is 0 Å². The zero-order valence-corrected chi connectivity index (χ0v) is 15.3. The number of nitrogens with one attached hydrogen (secondary N) is 1. The van der Waals surface area contributed by atoms with Gasteiger partial charge in [-0.05, 0) is 27.2 Å². The number of rotatable bonds is 6. The summed E-state index contributed by atoms with van der Waals surface area (Å²) in [7, 11) is 0. The van der Waals surface area contributed by atoms with E-state index in [1.807, 2.05) is 30.3 Å². The van der Waals surface area contributed by atoms with Crippen LogP contribution in [0, 0.1) is 10.1 Å². The summed E-state index contributed by atoms with van der Waals surface area (Å²) in [6.07, 6.45) is 1.31. The van der Waals surface area contributed by atoms with E-state index in [-0.39, 0.29) is 12.2 Å². The third-order valence-electron chi connectivity index (χ3n) is 3.34. The quantitative estimate of drug-likeness (QED) is 0.363. The second kappa shape index (κ2) is 8.27. The van der Waals surface area contributed by atoms with Gasteiger partial charge in [0.15, 0.2) is 0 Å². The Morgan fingerprint density at radius 1 is 1.30 bits per heavy atom. The first-order valence-electron chi connectivity index (χ1n) is 7.62. The minimum atomic E-state index is -0.513. The second-order valence-electron chi connectivity index (χ2n) is 5.27. The maximum absolute atomic E-state index is 11.9. The van der Waals surface area contributed by atoms with E-state index in [2.05, 4.69) is 41.9 Å². The van der Waals surface area contributed by atoms with Crippen molar-refractivity contribution in [3.63, 3.8) is 0 Å². The van der Waals surface area contributed by atoms with E-state index in [0.717, 1.165) is 10.4 Å². The molecule has 1 aromatic heterocycles. The van der Waals surface area contributed by atoms with Crippen molar-refractivity contribution in [2.24, 2.45) is 5.10 Å². The number of aromatic nitrogens is 4. The molecule has 1 amide bonds. The molecule has 0 aliphatic heterocycles. The average molecular weight is 430 g/mol. The van der Waals surface area contributed by atoms with Crippen LogP contribution in [-0.2, 0) is 11.3 Å². The molecular weight excluding hydrogens is 418 g/mol. The van der Waals surface area contributed by atoms with Crippen LogP contribution in [0.15, 0.2) is 58.1 Å². The monoisotopic (exact) mass is 429 g/mol. The summed E-state index contributed by atoms with van der Waals surface area (Å²) in [5, 5.41) is 26.5. The van der Waals surface area contributed by atoms with Gasteiger partial charge in [-0.2, -0.15) is 9.90 Å². The summed E-state index contributed by atoms with van der Waals surface area (Å²) in [5.74, 6) is -0.0519. The molecular formula is C16H12BrN7O3. The summed E-state index contributed by atoms with van der Waals surface area (Å²) in [5.41, 5.74) is 3.48. The summed E-state index contributed by atoms with van der Waals surface area (Å²) in [6.45, 7) is -0.169. The van der Waals surface area contributed by atoms with Crippen LogP contribution in [-0.4, -0.2) is 37.3 Å². The number of carbonyl (C=O) groups excluding carboxylic acids is 1. The van der Waals surface area contributed by atoms with Crippen LogP contribution in [0.5, 0.6) is 0 Å². The molecule has 1 N–H and O–H groups in total. The van der Waals surface area contributed by atoms with Gasteiger partial charge in [0.1, 0.15) is 6.54 Å². The van der Waals surface area contributed by atoms with Gasteiger partial charge in [0.2, 0.25) is 5.82 Å². The van der Waals surface area contributed by atoms with E-state index >= 15 is 0 Å².